The number of amides is 1. The standard InChI is InChI=1S/C21H15N3O2/c25-20(15-9-5-2-6-10-15)22-16-11-12-18-17(13-16)19(24-21(26)23-18)14-7-3-1-4-8-14/h1-13H,(H,22,25)(H,23,24,26). The second-order valence-electron chi connectivity index (χ2n) is 5.84. The number of H-pyrrole nitrogens is 1. The highest BCUT2D eigenvalue weighted by molar-refractivity contribution is 6.05. The van der Waals surface area contributed by atoms with E-state index >= 15 is 0 Å². The van der Waals surface area contributed by atoms with Gasteiger partial charge in [0.2, 0.25) is 0 Å². The first kappa shape index (κ1) is 15.8. The van der Waals surface area contributed by atoms with Crippen LogP contribution in [0.1, 0.15) is 10.4 Å². The van der Waals surface area contributed by atoms with Crippen molar-refractivity contribution in [1.29, 1.82) is 0 Å². The van der Waals surface area contributed by atoms with E-state index in [9.17, 15) is 9.59 Å². The Hall–Kier alpha value is -3.73. The van der Waals surface area contributed by atoms with Crippen molar-refractivity contribution in [1.82, 2.24) is 9.97 Å². The topological polar surface area (TPSA) is 74.8 Å². The van der Waals surface area contributed by atoms with Gasteiger partial charge in [-0.05, 0) is 30.3 Å². The molecule has 5 heteroatoms. The maximum absolute atomic E-state index is 12.4. The molecule has 4 rings (SSSR count). The van der Waals surface area contributed by atoms with Crippen molar-refractivity contribution in [3.63, 3.8) is 0 Å². The minimum absolute atomic E-state index is 0.191. The lowest BCUT2D eigenvalue weighted by atomic mass is 10.1. The zero-order valence-corrected chi connectivity index (χ0v) is 13.8. The number of nitrogens with zero attached hydrogens (tertiary/aromatic N) is 1. The van der Waals surface area contributed by atoms with E-state index < -0.39 is 5.69 Å². The third-order valence-electron chi connectivity index (χ3n) is 4.07. The molecule has 2 N–H and O–H groups in total. The summed E-state index contributed by atoms with van der Waals surface area (Å²) in [6.07, 6.45) is 0. The third-order valence-corrected chi connectivity index (χ3v) is 4.07. The molecule has 0 bridgehead atoms. The maximum atomic E-state index is 12.4. The highest BCUT2D eigenvalue weighted by Gasteiger charge is 2.10. The lowest BCUT2D eigenvalue weighted by Gasteiger charge is -2.09. The number of benzene rings is 3. The first-order valence-electron chi connectivity index (χ1n) is 8.16. The molecular formula is C21H15N3O2. The number of carbonyl (C=O) groups excluding carboxylic acids is 1. The van der Waals surface area contributed by atoms with Gasteiger partial charge in [0.05, 0.1) is 11.2 Å². The van der Waals surface area contributed by atoms with Crippen LogP contribution in [-0.2, 0) is 0 Å². The van der Waals surface area contributed by atoms with Gasteiger partial charge in [-0.3, -0.25) is 4.79 Å². The Bertz CT molecular complexity index is 1140. The van der Waals surface area contributed by atoms with Gasteiger partial charge >= 0.3 is 5.69 Å². The molecule has 0 unspecified atom stereocenters. The van der Waals surface area contributed by atoms with Crippen molar-refractivity contribution in [3.05, 3.63) is 94.9 Å². The summed E-state index contributed by atoms with van der Waals surface area (Å²) in [6.45, 7) is 0. The number of rotatable bonds is 3. The summed E-state index contributed by atoms with van der Waals surface area (Å²) >= 11 is 0. The van der Waals surface area contributed by atoms with Crippen LogP contribution in [0.25, 0.3) is 22.2 Å². The van der Waals surface area contributed by atoms with E-state index in [1.807, 2.05) is 54.6 Å². The maximum Gasteiger partial charge on any atom is 0.345 e. The Kier molecular flexibility index (Phi) is 4.03. The monoisotopic (exact) mass is 341 g/mol. The summed E-state index contributed by atoms with van der Waals surface area (Å²) in [5, 5.41) is 3.65. The predicted octanol–water partition coefficient (Wildman–Crippen LogP) is 3.84. The van der Waals surface area contributed by atoms with Crippen LogP contribution in [0.3, 0.4) is 0 Å². The molecule has 126 valence electrons. The summed E-state index contributed by atoms with van der Waals surface area (Å²) in [5.41, 5.74) is 2.90. The van der Waals surface area contributed by atoms with Crippen LogP contribution < -0.4 is 11.0 Å². The molecule has 0 atom stereocenters. The molecule has 5 nitrogen and oxygen atoms in total. The van der Waals surface area contributed by atoms with E-state index in [1.165, 1.54) is 0 Å². The number of anilines is 1. The lowest BCUT2D eigenvalue weighted by molar-refractivity contribution is 0.102. The van der Waals surface area contributed by atoms with Gasteiger partial charge in [-0.15, -0.1) is 0 Å². The lowest BCUT2D eigenvalue weighted by Crippen LogP contribution is -2.13. The van der Waals surface area contributed by atoms with Crippen molar-refractivity contribution in [3.8, 4) is 11.3 Å². The molecule has 0 spiro atoms. The molecule has 1 aromatic heterocycles. The average molecular weight is 341 g/mol. The summed E-state index contributed by atoms with van der Waals surface area (Å²) in [4.78, 5) is 31.1. The van der Waals surface area contributed by atoms with Crippen molar-refractivity contribution < 1.29 is 4.79 Å². The molecule has 0 aliphatic heterocycles. The van der Waals surface area contributed by atoms with Gasteiger partial charge in [0.1, 0.15) is 0 Å². The number of fused-ring (bicyclic) bond motifs is 1. The zero-order chi connectivity index (χ0) is 17.9. The number of aromatic nitrogens is 2. The Morgan fingerprint density at radius 3 is 2.31 bits per heavy atom. The number of carbonyl (C=O) groups is 1. The quantitative estimate of drug-likeness (QED) is 0.594. The number of hydrogen-bond donors (Lipinski definition) is 2. The molecular weight excluding hydrogens is 326 g/mol. The molecule has 0 saturated heterocycles. The van der Waals surface area contributed by atoms with E-state index in [1.54, 1.807) is 24.3 Å². The fourth-order valence-electron chi connectivity index (χ4n) is 2.84. The van der Waals surface area contributed by atoms with E-state index in [-0.39, 0.29) is 5.91 Å². The fraction of sp³-hybridized carbons (Fsp3) is 0. The van der Waals surface area contributed by atoms with Crippen LogP contribution in [-0.4, -0.2) is 15.9 Å². The Labute approximate surface area is 149 Å². The van der Waals surface area contributed by atoms with Gasteiger partial charge in [0, 0.05) is 22.2 Å². The van der Waals surface area contributed by atoms with Gasteiger partial charge in [0.25, 0.3) is 5.91 Å². The first-order valence-corrected chi connectivity index (χ1v) is 8.16. The fourth-order valence-corrected chi connectivity index (χ4v) is 2.84. The molecule has 0 fully saturated rings. The molecule has 26 heavy (non-hydrogen) atoms. The van der Waals surface area contributed by atoms with Crippen LogP contribution >= 0.6 is 0 Å². The molecule has 0 aliphatic rings. The summed E-state index contributed by atoms with van der Waals surface area (Å²) in [5.74, 6) is -0.191. The molecule has 4 aromatic rings. The second-order valence-corrected chi connectivity index (χ2v) is 5.84. The zero-order valence-electron chi connectivity index (χ0n) is 13.8. The van der Waals surface area contributed by atoms with E-state index in [0.29, 0.717) is 22.5 Å². The normalized spacial score (nSPS) is 10.6. The minimum atomic E-state index is -0.405. The number of hydrogen-bond acceptors (Lipinski definition) is 3. The van der Waals surface area contributed by atoms with E-state index in [0.717, 1.165) is 10.9 Å². The molecule has 0 saturated carbocycles. The third kappa shape index (κ3) is 3.10. The Morgan fingerprint density at radius 2 is 1.58 bits per heavy atom. The van der Waals surface area contributed by atoms with Crippen LogP contribution in [0.5, 0.6) is 0 Å². The van der Waals surface area contributed by atoms with E-state index in [2.05, 4.69) is 15.3 Å². The Morgan fingerprint density at radius 1 is 0.885 bits per heavy atom. The van der Waals surface area contributed by atoms with Gasteiger partial charge in [-0.1, -0.05) is 48.5 Å². The van der Waals surface area contributed by atoms with Crippen molar-refractivity contribution >= 4 is 22.5 Å². The van der Waals surface area contributed by atoms with Crippen LogP contribution in [0.4, 0.5) is 5.69 Å². The highest BCUT2D eigenvalue weighted by Crippen LogP contribution is 2.26. The summed E-state index contributed by atoms with van der Waals surface area (Å²) in [7, 11) is 0. The van der Waals surface area contributed by atoms with Crippen LogP contribution in [0, 0.1) is 0 Å². The number of aromatic amines is 1. The van der Waals surface area contributed by atoms with Gasteiger partial charge in [-0.2, -0.15) is 4.98 Å². The molecule has 1 heterocycles. The van der Waals surface area contributed by atoms with Gasteiger partial charge in [0.15, 0.2) is 0 Å². The molecule has 1 amide bonds. The van der Waals surface area contributed by atoms with Crippen molar-refractivity contribution in [2.24, 2.45) is 0 Å². The summed E-state index contributed by atoms with van der Waals surface area (Å²) in [6, 6.07) is 23.8. The smallest absolute Gasteiger partial charge is 0.322 e. The molecule has 0 radical (unpaired) electrons. The van der Waals surface area contributed by atoms with Gasteiger partial charge < -0.3 is 10.3 Å². The first-order chi connectivity index (χ1) is 12.7. The van der Waals surface area contributed by atoms with Crippen molar-refractivity contribution in [2.75, 3.05) is 5.32 Å². The molecule has 3 aromatic carbocycles. The molecule has 0 aliphatic carbocycles. The average Bonchev–Trinajstić information content (AvgIpc) is 2.69. The Balaban J connectivity index is 1.78. The van der Waals surface area contributed by atoms with Crippen molar-refractivity contribution in [2.45, 2.75) is 0 Å². The highest BCUT2D eigenvalue weighted by atomic mass is 16.1. The minimum Gasteiger partial charge on any atom is -0.322 e. The largest absolute Gasteiger partial charge is 0.345 e. The number of nitrogens with one attached hydrogen (secondary N) is 2. The second kappa shape index (κ2) is 6.64. The van der Waals surface area contributed by atoms with Crippen LogP contribution in [0.2, 0.25) is 0 Å². The predicted molar refractivity (Wildman–Crippen MR) is 102 cm³/mol. The van der Waals surface area contributed by atoms with Crippen LogP contribution in [0.15, 0.2) is 83.7 Å². The van der Waals surface area contributed by atoms with Gasteiger partial charge in [-0.25, -0.2) is 4.79 Å². The van der Waals surface area contributed by atoms with E-state index in [4.69, 9.17) is 0 Å². The summed E-state index contributed by atoms with van der Waals surface area (Å²) < 4.78 is 0. The SMILES string of the molecule is O=C(Nc1ccc2[nH]c(=O)nc(-c3ccccc3)c2c1)c1ccccc1.